The summed E-state index contributed by atoms with van der Waals surface area (Å²) in [4.78, 5) is 0. The predicted molar refractivity (Wildman–Crippen MR) is 34.3 cm³/mol. The Morgan fingerprint density at radius 3 is 1.88 bits per heavy atom. The SMILES string of the molecule is C=NN(N=C)C(C)=N. The maximum absolute atomic E-state index is 6.91. The minimum absolute atomic E-state index is 0.204. The zero-order valence-electron chi connectivity index (χ0n) is 4.76. The normalized spacial score (nSPS) is 7.62. The van der Waals surface area contributed by atoms with E-state index < -0.39 is 0 Å². The van der Waals surface area contributed by atoms with E-state index in [2.05, 4.69) is 23.6 Å². The molecule has 8 heavy (non-hydrogen) atoms. The number of hydrazone groups is 2. The Hall–Kier alpha value is -1.19. The summed E-state index contributed by atoms with van der Waals surface area (Å²) in [7, 11) is 0. The van der Waals surface area contributed by atoms with Gasteiger partial charge >= 0.3 is 0 Å². The zero-order valence-corrected chi connectivity index (χ0v) is 4.76. The molecule has 0 aromatic carbocycles. The summed E-state index contributed by atoms with van der Waals surface area (Å²) in [5, 5.41) is 14.6. The van der Waals surface area contributed by atoms with E-state index in [1.165, 1.54) is 0 Å². The monoisotopic (exact) mass is 112 g/mol. The van der Waals surface area contributed by atoms with Crippen LogP contribution in [0.4, 0.5) is 0 Å². The molecule has 0 unspecified atom stereocenters. The van der Waals surface area contributed by atoms with Gasteiger partial charge in [0.1, 0.15) is 5.84 Å². The van der Waals surface area contributed by atoms with E-state index in [0.29, 0.717) is 0 Å². The topological polar surface area (TPSA) is 51.8 Å². The average Bonchev–Trinajstić information content (AvgIpc) is 1.69. The zero-order chi connectivity index (χ0) is 6.57. The molecule has 0 aliphatic rings. The van der Waals surface area contributed by atoms with Gasteiger partial charge in [-0.25, -0.2) is 0 Å². The smallest absolute Gasteiger partial charge is 0.140 e. The van der Waals surface area contributed by atoms with Crippen molar-refractivity contribution in [3.63, 3.8) is 0 Å². The van der Waals surface area contributed by atoms with Crippen molar-refractivity contribution in [2.24, 2.45) is 10.2 Å². The Bertz CT molecular complexity index is 109. The highest BCUT2D eigenvalue weighted by molar-refractivity contribution is 5.76. The molecule has 0 aromatic rings. The fraction of sp³-hybridized carbons (Fsp3) is 0.250. The standard InChI is InChI=1S/C4H8N4/c1-4(5)8(6-2)7-3/h5H,2-3H2,1H3. The molecule has 1 N–H and O–H groups in total. The molecule has 0 heterocycles. The van der Waals surface area contributed by atoms with Crippen molar-refractivity contribution in [1.29, 1.82) is 5.41 Å². The van der Waals surface area contributed by atoms with Gasteiger partial charge in [0, 0.05) is 13.4 Å². The lowest BCUT2D eigenvalue weighted by molar-refractivity contribution is 0.478. The molecular weight excluding hydrogens is 104 g/mol. The first-order chi connectivity index (χ1) is 3.72. The van der Waals surface area contributed by atoms with Crippen molar-refractivity contribution >= 4 is 19.3 Å². The minimum atomic E-state index is 0.204. The predicted octanol–water partition coefficient (Wildman–Crippen LogP) is 0.517. The molecule has 0 aromatic heterocycles. The Balaban J connectivity index is 3.88. The molecule has 0 spiro atoms. The van der Waals surface area contributed by atoms with Crippen LogP contribution in [0, 0.1) is 5.41 Å². The number of amidine groups is 1. The molecule has 0 saturated carbocycles. The summed E-state index contributed by atoms with van der Waals surface area (Å²) in [6, 6.07) is 0. The van der Waals surface area contributed by atoms with Gasteiger partial charge in [0.2, 0.25) is 0 Å². The highest BCUT2D eigenvalue weighted by Crippen LogP contribution is 1.86. The number of hydrogen-bond donors (Lipinski definition) is 1. The highest BCUT2D eigenvalue weighted by atomic mass is 15.7. The minimum Gasteiger partial charge on any atom is -0.285 e. The van der Waals surface area contributed by atoms with Crippen molar-refractivity contribution < 1.29 is 0 Å². The summed E-state index contributed by atoms with van der Waals surface area (Å²) in [5.74, 6) is 0.204. The summed E-state index contributed by atoms with van der Waals surface area (Å²) in [6.45, 7) is 7.85. The Labute approximate surface area is 48.0 Å². The van der Waals surface area contributed by atoms with Gasteiger partial charge in [0.15, 0.2) is 0 Å². The molecule has 0 fully saturated rings. The van der Waals surface area contributed by atoms with Gasteiger partial charge in [-0.15, -0.1) is 5.12 Å². The van der Waals surface area contributed by atoms with Crippen molar-refractivity contribution in [1.82, 2.24) is 5.12 Å². The Kier molecular flexibility index (Phi) is 2.47. The van der Waals surface area contributed by atoms with Crippen molar-refractivity contribution in [2.75, 3.05) is 0 Å². The van der Waals surface area contributed by atoms with Gasteiger partial charge in [-0.05, 0) is 6.92 Å². The first-order valence-electron chi connectivity index (χ1n) is 2.01. The van der Waals surface area contributed by atoms with E-state index in [1.54, 1.807) is 6.92 Å². The third-order valence-corrected chi connectivity index (χ3v) is 0.568. The Morgan fingerprint density at radius 1 is 1.50 bits per heavy atom. The molecule has 0 aliphatic carbocycles. The van der Waals surface area contributed by atoms with Gasteiger partial charge in [0.25, 0.3) is 0 Å². The van der Waals surface area contributed by atoms with Crippen LogP contribution < -0.4 is 0 Å². The third kappa shape index (κ3) is 1.51. The summed E-state index contributed by atoms with van der Waals surface area (Å²) in [6.07, 6.45) is 0. The molecule has 0 saturated heterocycles. The van der Waals surface area contributed by atoms with Gasteiger partial charge in [-0.3, -0.25) is 5.41 Å². The fourth-order valence-electron chi connectivity index (χ4n) is 0.257. The van der Waals surface area contributed by atoms with Crippen LogP contribution in [0.2, 0.25) is 0 Å². The first kappa shape index (κ1) is 6.81. The quantitative estimate of drug-likeness (QED) is 0.316. The van der Waals surface area contributed by atoms with Crippen LogP contribution in [-0.4, -0.2) is 24.4 Å². The molecule has 0 atom stereocenters. The first-order valence-corrected chi connectivity index (χ1v) is 2.01. The molecule has 0 amide bonds. The second kappa shape index (κ2) is 2.90. The summed E-state index contributed by atoms with van der Waals surface area (Å²) in [5.41, 5.74) is 0. The molecule has 0 aliphatic heterocycles. The van der Waals surface area contributed by atoms with E-state index in [1.807, 2.05) is 0 Å². The fourth-order valence-corrected chi connectivity index (χ4v) is 0.257. The molecule has 0 bridgehead atoms. The van der Waals surface area contributed by atoms with E-state index in [9.17, 15) is 0 Å². The maximum atomic E-state index is 6.91. The van der Waals surface area contributed by atoms with Crippen LogP contribution >= 0.6 is 0 Å². The van der Waals surface area contributed by atoms with E-state index >= 15 is 0 Å². The van der Waals surface area contributed by atoms with Crippen molar-refractivity contribution in [2.45, 2.75) is 6.92 Å². The van der Waals surface area contributed by atoms with E-state index in [4.69, 9.17) is 5.41 Å². The number of hydrogen-bond acceptors (Lipinski definition) is 3. The number of rotatable bonds is 2. The van der Waals surface area contributed by atoms with Crippen LogP contribution in [0.3, 0.4) is 0 Å². The van der Waals surface area contributed by atoms with E-state index in [-0.39, 0.29) is 5.84 Å². The van der Waals surface area contributed by atoms with Crippen molar-refractivity contribution in [3.8, 4) is 0 Å². The van der Waals surface area contributed by atoms with Gasteiger partial charge in [-0.2, -0.15) is 10.2 Å². The lowest BCUT2D eigenvalue weighted by Gasteiger charge is -2.05. The second-order valence-corrected chi connectivity index (χ2v) is 1.16. The molecular formula is C4H8N4. The average molecular weight is 112 g/mol. The number of nitrogens with zero attached hydrogens (tertiary/aromatic N) is 3. The van der Waals surface area contributed by atoms with Crippen LogP contribution in [-0.2, 0) is 0 Å². The van der Waals surface area contributed by atoms with Crippen LogP contribution in [0.15, 0.2) is 10.2 Å². The largest absolute Gasteiger partial charge is 0.285 e. The molecule has 44 valence electrons. The molecule has 0 radical (unpaired) electrons. The van der Waals surface area contributed by atoms with Gasteiger partial charge in [-0.1, -0.05) is 0 Å². The maximum Gasteiger partial charge on any atom is 0.140 e. The summed E-state index contributed by atoms with van der Waals surface area (Å²) >= 11 is 0. The second-order valence-electron chi connectivity index (χ2n) is 1.16. The third-order valence-electron chi connectivity index (χ3n) is 0.568. The molecule has 4 heteroatoms. The van der Waals surface area contributed by atoms with Gasteiger partial charge in [0.05, 0.1) is 0 Å². The van der Waals surface area contributed by atoms with Crippen molar-refractivity contribution in [3.05, 3.63) is 0 Å². The van der Waals surface area contributed by atoms with Crippen LogP contribution in [0.25, 0.3) is 0 Å². The summed E-state index contributed by atoms with van der Waals surface area (Å²) < 4.78 is 0. The lowest BCUT2D eigenvalue weighted by atomic mass is 10.7. The molecule has 0 rings (SSSR count). The van der Waals surface area contributed by atoms with Crippen LogP contribution in [0.1, 0.15) is 6.92 Å². The van der Waals surface area contributed by atoms with Gasteiger partial charge < -0.3 is 0 Å². The van der Waals surface area contributed by atoms with Crippen LogP contribution in [0.5, 0.6) is 0 Å². The Morgan fingerprint density at radius 2 is 1.88 bits per heavy atom. The van der Waals surface area contributed by atoms with E-state index in [0.717, 1.165) is 5.12 Å². The molecule has 4 nitrogen and oxygen atoms in total. The highest BCUT2D eigenvalue weighted by Gasteiger charge is 1.92. The lowest BCUT2D eigenvalue weighted by Crippen LogP contribution is -2.13. The number of nitrogens with one attached hydrogen (secondary N) is 1.